The van der Waals surface area contributed by atoms with E-state index in [4.69, 9.17) is 16.3 Å². The molecule has 0 saturated carbocycles. The fraction of sp³-hybridized carbons (Fsp3) is 0.120. The Bertz CT molecular complexity index is 1650. The molecule has 0 saturated heterocycles. The normalized spacial score (nSPS) is 11.6. The van der Waals surface area contributed by atoms with Gasteiger partial charge in [0.1, 0.15) is 22.2 Å². The quantitative estimate of drug-likeness (QED) is 0.277. The first-order valence-electron chi connectivity index (χ1n) is 11.0. The third-order valence-electron chi connectivity index (χ3n) is 5.58. The lowest BCUT2D eigenvalue weighted by Gasteiger charge is -2.12. The van der Waals surface area contributed by atoms with Crippen molar-refractivity contribution in [3.63, 3.8) is 0 Å². The van der Waals surface area contributed by atoms with E-state index >= 15 is 0 Å². The van der Waals surface area contributed by atoms with Crippen molar-refractivity contribution in [1.29, 1.82) is 0 Å². The van der Waals surface area contributed by atoms with Crippen molar-refractivity contribution in [2.45, 2.75) is 12.7 Å². The van der Waals surface area contributed by atoms with Gasteiger partial charge in [0.05, 0.1) is 25.5 Å². The topological polar surface area (TPSA) is 86.3 Å². The van der Waals surface area contributed by atoms with Gasteiger partial charge in [-0.25, -0.2) is 13.9 Å². The molecule has 0 aliphatic heterocycles. The van der Waals surface area contributed by atoms with E-state index in [-0.39, 0.29) is 34.3 Å². The number of hydrogen-bond acceptors (Lipinski definition) is 5. The number of hydrogen-bond donors (Lipinski definition) is 1. The summed E-state index contributed by atoms with van der Waals surface area (Å²) in [5.41, 5.74) is -0.658. The Kier molecular flexibility index (Phi) is 6.49. The molecule has 0 fully saturated rings. The Hall–Kier alpha value is -4.45. The summed E-state index contributed by atoms with van der Waals surface area (Å²) in [5.74, 6) is -0.744. The molecule has 0 bridgehead atoms. The first-order valence-corrected chi connectivity index (χ1v) is 11.4. The van der Waals surface area contributed by atoms with Gasteiger partial charge in [-0.05, 0) is 48.0 Å². The third-order valence-corrected chi connectivity index (χ3v) is 5.85. The zero-order valence-electron chi connectivity index (χ0n) is 19.5. The Morgan fingerprint density at radius 2 is 1.89 bits per heavy atom. The molecule has 0 aliphatic rings. The van der Waals surface area contributed by atoms with Gasteiger partial charge in [0.2, 0.25) is 0 Å². The number of benzene rings is 2. The molecule has 3 heterocycles. The fourth-order valence-electron chi connectivity index (χ4n) is 3.79. The molecule has 38 heavy (non-hydrogen) atoms. The minimum Gasteiger partial charge on any atom is -0.497 e. The van der Waals surface area contributed by atoms with Crippen LogP contribution in [0.25, 0.3) is 16.9 Å². The summed E-state index contributed by atoms with van der Waals surface area (Å²) in [4.78, 5) is 17.4. The van der Waals surface area contributed by atoms with Gasteiger partial charge in [-0.1, -0.05) is 23.7 Å². The molecule has 1 N–H and O–H groups in total. The highest BCUT2D eigenvalue weighted by Gasteiger charge is 2.36. The summed E-state index contributed by atoms with van der Waals surface area (Å²) in [5, 5.41) is 10.5. The zero-order chi connectivity index (χ0) is 27.0. The first kappa shape index (κ1) is 25.2. The molecule has 8 nitrogen and oxygen atoms in total. The standard InChI is InChI=1S/C25H17ClF4N6O2/c1-38-17-7-5-15(6-8-17)20-10-21(25(28,29)30)36-23(32-20)18(11-31-36)24(37)33-22-19(26)13-35(34-22)12-14-3-2-4-16(27)9-14/h2-11,13H,12H2,1H3,(H,33,34,37). The van der Waals surface area contributed by atoms with Gasteiger partial charge >= 0.3 is 6.18 Å². The molecule has 0 atom stereocenters. The van der Waals surface area contributed by atoms with Crippen molar-refractivity contribution < 1.29 is 27.1 Å². The number of methoxy groups -OCH3 is 1. The van der Waals surface area contributed by atoms with Crippen LogP contribution >= 0.6 is 11.6 Å². The first-order chi connectivity index (χ1) is 18.1. The summed E-state index contributed by atoms with van der Waals surface area (Å²) in [6.45, 7) is 0.172. The maximum Gasteiger partial charge on any atom is 0.433 e. The van der Waals surface area contributed by atoms with Gasteiger partial charge < -0.3 is 10.1 Å². The Morgan fingerprint density at radius 3 is 2.58 bits per heavy atom. The van der Waals surface area contributed by atoms with E-state index in [9.17, 15) is 22.4 Å². The van der Waals surface area contributed by atoms with E-state index in [0.29, 0.717) is 21.4 Å². The van der Waals surface area contributed by atoms with Crippen LogP contribution in [-0.4, -0.2) is 37.4 Å². The SMILES string of the molecule is COc1ccc(-c2cc(C(F)(F)F)n3ncc(C(=O)Nc4nn(Cc5cccc(F)c5)cc4Cl)c3n2)cc1. The number of amides is 1. The minimum atomic E-state index is -4.78. The minimum absolute atomic E-state index is 0.0144. The molecule has 194 valence electrons. The highest BCUT2D eigenvalue weighted by molar-refractivity contribution is 6.33. The van der Waals surface area contributed by atoms with Crippen molar-refractivity contribution in [3.05, 3.63) is 94.7 Å². The van der Waals surface area contributed by atoms with E-state index in [1.165, 1.54) is 30.1 Å². The number of aromatic nitrogens is 5. The van der Waals surface area contributed by atoms with Crippen molar-refractivity contribution in [2.75, 3.05) is 12.4 Å². The molecule has 5 rings (SSSR count). The number of alkyl halides is 3. The predicted octanol–water partition coefficient (Wildman–Crippen LogP) is 5.71. The highest BCUT2D eigenvalue weighted by Crippen LogP contribution is 2.33. The molecule has 0 aliphatic carbocycles. The molecule has 13 heteroatoms. The maximum atomic E-state index is 13.9. The molecule has 1 amide bonds. The van der Waals surface area contributed by atoms with Gasteiger partial charge in [-0.2, -0.15) is 23.4 Å². The lowest BCUT2D eigenvalue weighted by Crippen LogP contribution is -2.16. The van der Waals surface area contributed by atoms with Gasteiger partial charge in [0, 0.05) is 11.8 Å². The zero-order valence-corrected chi connectivity index (χ0v) is 20.3. The number of fused-ring (bicyclic) bond motifs is 1. The van der Waals surface area contributed by atoms with Crippen molar-refractivity contribution in [3.8, 4) is 17.0 Å². The van der Waals surface area contributed by atoms with Crippen molar-refractivity contribution >= 4 is 29.0 Å². The number of carbonyl (C=O) groups excluding carboxylic acids is 1. The summed E-state index contributed by atoms with van der Waals surface area (Å²) in [6.07, 6.45) is -2.36. The third kappa shape index (κ3) is 5.02. The average Bonchev–Trinajstić information content (AvgIpc) is 3.45. The van der Waals surface area contributed by atoms with Crippen LogP contribution in [0.4, 0.5) is 23.4 Å². The summed E-state index contributed by atoms with van der Waals surface area (Å²) in [6, 6.07) is 13.0. The van der Waals surface area contributed by atoms with Crippen LogP contribution < -0.4 is 10.1 Å². The van der Waals surface area contributed by atoms with Gasteiger partial charge in [0.15, 0.2) is 17.2 Å². The van der Waals surface area contributed by atoms with E-state index in [2.05, 4.69) is 20.5 Å². The van der Waals surface area contributed by atoms with Crippen LogP contribution in [0.1, 0.15) is 21.6 Å². The molecule has 0 radical (unpaired) electrons. The largest absolute Gasteiger partial charge is 0.497 e. The summed E-state index contributed by atoms with van der Waals surface area (Å²) < 4.78 is 62.2. The van der Waals surface area contributed by atoms with Gasteiger partial charge in [-0.15, -0.1) is 0 Å². The molecule has 3 aromatic heterocycles. The van der Waals surface area contributed by atoms with Gasteiger partial charge in [0.25, 0.3) is 5.91 Å². The van der Waals surface area contributed by atoms with E-state index in [0.717, 1.165) is 12.3 Å². The smallest absolute Gasteiger partial charge is 0.433 e. The number of halogens is 5. The monoisotopic (exact) mass is 544 g/mol. The number of carbonyl (C=O) groups is 1. The number of ether oxygens (including phenoxy) is 1. The second kappa shape index (κ2) is 9.78. The van der Waals surface area contributed by atoms with Crippen LogP contribution in [0.15, 0.2) is 67.0 Å². The van der Waals surface area contributed by atoms with E-state index in [1.807, 2.05) is 0 Å². The van der Waals surface area contributed by atoms with Crippen LogP contribution in [0.5, 0.6) is 5.75 Å². The lowest BCUT2D eigenvalue weighted by atomic mass is 10.1. The van der Waals surface area contributed by atoms with Gasteiger partial charge in [-0.3, -0.25) is 9.48 Å². The van der Waals surface area contributed by atoms with Crippen LogP contribution in [0.2, 0.25) is 5.02 Å². The van der Waals surface area contributed by atoms with E-state index in [1.54, 1.807) is 36.4 Å². The fourth-order valence-corrected chi connectivity index (χ4v) is 3.99. The Labute approximate surface area is 217 Å². The van der Waals surface area contributed by atoms with E-state index < -0.39 is 23.6 Å². The molecular formula is C25H17ClF4N6O2. The number of nitrogens with one attached hydrogen (secondary N) is 1. The van der Waals surface area contributed by atoms with Crippen LogP contribution in [-0.2, 0) is 12.7 Å². The van der Waals surface area contributed by atoms with Crippen LogP contribution in [0, 0.1) is 5.82 Å². The summed E-state index contributed by atoms with van der Waals surface area (Å²) in [7, 11) is 1.47. The summed E-state index contributed by atoms with van der Waals surface area (Å²) >= 11 is 6.21. The number of nitrogens with zero attached hydrogens (tertiary/aromatic N) is 5. The average molecular weight is 545 g/mol. The molecule has 0 unspecified atom stereocenters. The second-order valence-corrected chi connectivity index (χ2v) is 8.56. The maximum absolute atomic E-state index is 13.9. The number of rotatable bonds is 6. The van der Waals surface area contributed by atoms with Crippen LogP contribution in [0.3, 0.4) is 0 Å². The molecule has 0 spiro atoms. The Morgan fingerprint density at radius 1 is 1.13 bits per heavy atom. The van der Waals surface area contributed by atoms with Crippen molar-refractivity contribution in [1.82, 2.24) is 24.4 Å². The number of anilines is 1. The lowest BCUT2D eigenvalue weighted by molar-refractivity contribution is -0.142. The van der Waals surface area contributed by atoms with Crippen molar-refractivity contribution in [2.24, 2.45) is 0 Å². The Balaban J connectivity index is 1.49. The molecule has 2 aromatic carbocycles. The molecule has 5 aromatic rings. The predicted molar refractivity (Wildman–Crippen MR) is 131 cm³/mol. The highest BCUT2D eigenvalue weighted by atomic mass is 35.5. The second-order valence-electron chi connectivity index (χ2n) is 8.15. The molecular weight excluding hydrogens is 528 g/mol.